The number of carbonyl (C=O) groups excluding carboxylic acids is 2. The summed E-state index contributed by atoms with van der Waals surface area (Å²) in [5.41, 5.74) is -1.59. The lowest BCUT2D eigenvalue weighted by molar-refractivity contribution is -0.153. The molecule has 2 heterocycles. The van der Waals surface area contributed by atoms with Gasteiger partial charge in [0.1, 0.15) is 23.5 Å². The number of ether oxygens (including phenoxy) is 1. The van der Waals surface area contributed by atoms with Crippen molar-refractivity contribution < 1.29 is 32.6 Å². The quantitative estimate of drug-likeness (QED) is 0.465. The van der Waals surface area contributed by atoms with Crippen LogP contribution in [0.2, 0.25) is 0 Å². The maximum atomic E-state index is 13.3. The van der Waals surface area contributed by atoms with Crippen LogP contribution in [0.3, 0.4) is 0 Å². The van der Waals surface area contributed by atoms with E-state index in [2.05, 4.69) is 10.6 Å². The van der Waals surface area contributed by atoms with E-state index in [1.54, 1.807) is 32.9 Å². The van der Waals surface area contributed by atoms with E-state index in [1.165, 1.54) is 22.8 Å². The molecule has 36 heavy (non-hydrogen) atoms. The van der Waals surface area contributed by atoms with Gasteiger partial charge in [-0.3, -0.25) is 14.4 Å². The first-order valence-corrected chi connectivity index (χ1v) is 11.1. The van der Waals surface area contributed by atoms with Crippen LogP contribution in [0.15, 0.2) is 47.3 Å². The van der Waals surface area contributed by atoms with Gasteiger partial charge in [-0.15, -0.1) is 0 Å². The van der Waals surface area contributed by atoms with Crippen LogP contribution in [-0.2, 0) is 22.3 Å². The molecule has 0 saturated heterocycles. The molecule has 1 aliphatic heterocycles. The minimum Gasteiger partial charge on any atom is -0.506 e. The lowest BCUT2D eigenvalue weighted by Gasteiger charge is -2.30. The van der Waals surface area contributed by atoms with Crippen molar-refractivity contribution in [1.82, 2.24) is 9.88 Å². The van der Waals surface area contributed by atoms with Crippen LogP contribution >= 0.6 is 0 Å². The number of aromatic nitrogens is 1. The van der Waals surface area contributed by atoms with E-state index in [0.717, 1.165) is 12.1 Å². The first kappa shape index (κ1) is 25.1. The number of pyridine rings is 1. The Kier molecular flexibility index (Phi) is 6.19. The Labute approximate surface area is 203 Å². The molecule has 190 valence electrons. The lowest BCUT2D eigenvalue weighted by atomic mass is 9.99. The number of alkyl halides is 3. The number of aromatic hydroxyl groups is 1. The van der Waals surface area contributed by atoms with Crippen LogP contribution in [0.25, 0.3) is 10.9 Å². The number of rotatable bonds is 4. The second-order valence-electron chi connectivity index (χ2n) is 9.43. The second kappa shape index (κ2) is 8.89. The van der Waals surface area contributed by atoms with Gasteiger partial charge in [0.25, 0.3) is 11.5 Å². The van der Waals surface area contributed by atoms with E-state index in [0.29, 0.717) is 16.8 Å². The Morgan fingerprint density at radius 3 is 2.42 bits per heavy atom. The molecule has 3 N–H and O–H groups in total. The molecule has 4 rings (SSSR count). The molecule has 11 heteroatoms. The van der Waals surface area contributed by atoms with Gasteiger partial charge in [0.2, 0.25) is 0 Å². The molecule has 1 aliphatic rings. The molecule has 2 aromatic carbocycles. The molecular formula is C25H24F3N3O5. The van der Waals surface area contributed by atoms with E-state index in [1.807, 2.05) is 0 Å². The molecule has 1 atom stereocenters. The predicted molar refractivity (Wildman–Crippen MR) is 126 cm³/mol. The SMILES string of the molecule is CC(C)(C)OC(=O)CNC(=O)c1c(O)c2cccc3c2n(c1=O)CC(c1ccc(C(F)(F)F)cc1)N3. The Balaban J connectivity index is 1.69. The monoisotopic (exact) mass is 503 g/mol. The normalized spacial score (nSPS) is 15.3. The number of hydrogen-bond acceptors (Lipinski definition) is 6. The second-order valence-corrected chi connectivity index (χ2v) is 9.43. The largest absolute Gasteiger partial charge is 0.506 e. The van der Waals surface area contributed by atoms with Crippen molar-refractivity contribution in [3.05, 3.63) is 69.5 Å². The van der Waals surface area contributed by atoms with E-state index in [-0.39, 0.29) is 11.9 Å². The molecule has 1 aromatic heterocycles. The average molecular weight is 503 g/mol. The van der Waals surface area contributed by atoms with Gasteiger partial charge >= 0.3 is 12.1 Å². The van der Waals surface area contributed by atoms with Crippen molar-refractivity contribution in [3.63, 3.8) is 0 Å². The summed E-state index contributed by atoms with van der Waals surface area (Å²) < 4.78 is 45.3. The third-order valence-corrected chi connectivity index (χ3v) is 5.63. The average Bonchev–Trinajstić information content (AvgIpc) is 2.79. The first-order valence-electron chi connectivity index (χ1n) is 11.1. The summed E-state index contributed by atoms with van der Waals surface area (Å²) in [5.74, 6) is -2.21. The zero-order valence-electron chi connectivity index (χ0n) is 19.7. The van der Waals surface area contributed by atoms with E-state index >= 15 is 0 Å². The Morgan fingerprint density at radius 2 is 1.81 bits per heavy atom. The predicted octanol–water partition coefficient (Wildman–Crippen LogP) is 3.96. The van der Waals surface area contributed by atoms with Crippen molar-refractivity contribution in [2.24, 2.45) is 0 Å². The molecule has 0 fully saturated rings. The van der Waals surface area contributed by atoms with Gasteiger partial charge in [-0.1, -0.05) is 18.2 Å². The molecule has 1 unspecified atom stereocenters. The zero-order valence-corrected chi connectivity index (χ0v) is 19.7. The zero-order chi connectivity index (χ0) is 26.4. The van der Waals surface area contributed by atoms with Crippen LogP contribution in [-0.4, -0.2) is 33.7 Å². The van der Waals surface area contributed by atoms with Crippen molar-refractivity contribution >= 4 is 28.5 Å². The molecule has 0 saturated carbocycles. The van der Waals surface area contributed by atoms with Gasteiger partial charge in [-0.25, -0.2) is 0 Å². The Bertz CT molecular complexity index is 1410. The van der Waals surface area contributed by atoms with Crippen LogP contribution in [0.1, 0.15) is 48.3 Å². The summed E-state index contributed by atoms with van der Waals surface area (Å²) in [6.45, 7) is 4.47. The molecule has 0 bridgehead atoms. The van der Waals surface area contributed by atoms with Crippen LogP contribution in [0.4, 0.5) is 18.9 Å². The summed E-state index contributed by atoms with van der Waals surface area (Å²) in [4.78, 5) is 38.2. The maximum Gasteiger partial charge on any atom is 0.416 e. The minimum absolute atomic E-state index is 0.00959. The Morgan fingerprint density at radius 1 is 1.14 bits per heavy atom. The number of amides is 1. The first-order chi connectivity index (χ1) is 16.8. The van der Waals surface area contributed by atoms with Crippen LogP contribution in [0.5, 0.6) is 5.75 Å². The molecule has 0 radical (unpaired) electrons. The number of anilines is 1. The van der Waals surface area contributed by atoms with Crippen LogP contribution < -0.4 is 16.2 Å². The number of esters is 1. The van der Waals surface area contributed by atoms with Gasteiger partial charge in [0, 0.05) is 5.39 Å². The topological polar surface area (TPSA) is 110 Å². The summed E-state index contributed by atoms with van der Waals surface area (Å²) >= 11 is 0. The molecule has 8 nitrogen and oxygen atoms in total. The number of nitrogens with one attached hydrogen (secondary N) is 2. The van der Waals surface area contributed by atoms with Gasteiger partial charge in [-0.2, -0.15) is 13.2 Å². The van der Waals surface area contributed by atoms with Gasteiger partial charge in [-0.05, 0) is 50.6 Å². The van der Waals surface area contributed by atoms with Gasteiger partial charge in [0.05, 0.1) is 29.4 Å². The number of benzene rings is 2. The van der Waals surface area contributed by atoms with Gasteiger partial charge < -0.3 is 25.0 Å². The third-order valence-electron chi connectivity index (χ3n) is 5.63. The molecular weight excluding hydrogens is 479 g/mol. The van der Waals surface area contributed by atoms with Crippen LogP contribution in [0, 0.1) is 0 Å². The van der Waals surface area contributed by atoms with Crippen molar-refractivity contribution in [2.75, 3.05) is 11.9 Å². The number of halogens is 3. The molecule has 3 aromatic rings. The highest BCUT2D eigenvalue weighted by Gasteiger charge is 2.32. The fraction of sp³-hybridized carbons (Fsp3) is 0.320. The highest BCUT2D eigenvalue weighted by Crippen LogP contribution is 2.37. The van der Waals surface area contributed by atoms with Crippen molar-refractivity contribution in [1.29, 1.82) is 0 Å². The maximum absolute atomic E-state index is 13.3. The fourth-order valence-electron chi connectivity index (χ4n) is 4.12. The lowest BCUT2D eigenvalue weighted by Crippen LogP contribution is -2.39. The highest BCUT2D eigenvalue weighted by molar-refractivity contribution is 6.05. The van der Waals surface area contributed by atoms with Crippen molar-refractivity contribution in [3.8, 4) is 5.75 Å². The number of carbonyl (C=O) groups is 2. The number of nitrogens with zero attached hydrogens (tertiary/aromatic N) is 1. The summed E-state index contributed by atoms with van der Waals surface area (Å²) in [6.07, 6.45) is -4.48. The molecule has 0 aliphatic carbocycles. The standard InChI is InChI=1S/C25H24F3N3O5/c1-24(2,3)36-18(32)11-29-22(34)19-21(33)15-5-4-6-16-20(15)31(23(19)35)12-17(30-16)13-7-9-14(10-8-13)25(26,27)28/h4-10,17,30,33H,11-12H2,1-3H3,(H,29,34). The van der Waals surface area contributed by atoms with Gasteiger partial charge in [0.15, 0.2) is 0 Å². The molecule has 0 spiro atoms. The molecule has 1 amide bonds. The van der Waals surface area contributed by atoms with Crippen molar-refractivity contribution in [2.45, 2.75) is 45.1 Å². The fourth-order valence-corrected chi connectivity index (χ4v) is 4.12. The third kappa shape index (κ3) is 4.86. The smallest absolute Gasteiger partial charge is 0.416 e. The summed E-state index contributed by atoms with van der Waals surface area (Å²) in [6, 6.07) is 8.80. The minimum atomic E-state index is -4.48. The van der Waals surface area contributed by atoms with E-state index < -0.39 is 58.7 Å². The highest BCUT2D eigenvalue weighted by atomic mass is 19.4. The van der Waals surface area contributed by atoms with E-state index in [9.17, 15) is 32.7 Å². The van der Waals surface area contributed by atoms with E-state index in [4.69, 9.17) is 4.74 Å². The Hall–Kier alpha value is -4.02. The summed E-state index contributed by atoms with van der Waals surface area (Å²) in [7, 11) is 0. The number of para-hydroxylation sites is 1. The number of hydrogen-bond donors (Lipinski definition) is 3. The summed E-state index contributed by atoms with van der Waals surface area (Å²) in [5, 5.41) is 16.5.